The minimum absolute atomic E-state index is 0.211. The van der Waals surface area contributed by atoms with Gasteiger partial charge < -0.3 is 5.32 Å². The molecule has 0 bridgehead atoms. The quantitative estimate of drug-likeness (QED) is 0.806. The second-order valence-electron chi connectivity index (χ2n) is 5.74. The lowest BCUT2D eigenvalue weighted by atomic mass is 10.1. The highest BCUT2D eigenvalue weighted by Crippen LogP contribution is 2.21. The number of fused-ring (bicyclic) bond motifs is 1. The number of halogens is 1. The number of hydrogen-bond acceptors (Lipinski definition) is 3. The number of amides is 1. The van der Waals surface area contributed by atoms with Gasteiger partial charge in [0.1, 0.15) is 11.4 Å². The Morgan fingerprint density at radius 3 is 2.91 bits per heavy atom. The van der Waals surface area contributed by atoms with E-state index in [-0.39, 0.29) is 11.7 Å². The average molecular weight is 312 g/mol. The first-order chi connectivity index (χ1) is 11.1. The molecule has 6 heteroatoms. The summed E-state index contributed by atoms with van der Waals surface area (Å²) in [6.45, 7) is 4.63. The zero-order chi connectivity index (χ0) is 16.4. The molecular formula is C17H17FN4O. The van der Waals surface area contributed by atoms with Crippen LogP contribution in [0.3, 0.4) is 0 Å². The second kappa shape index (κ2) is 6.16. The maximum atomic E-state index is 13.5. The molecule has 0 fully saturated rings. The lowest BCUT2D eigenvalue weighted by Crippen LogP contribution is -2.27. The van der Waals surface area contributed by atoms with Crippen molar-refractivity contribution in [2.24, 2.45) is 5.92 Å². The maximum Gasteiger partial charge on any atom is 0.256 e. The summed E-state index contributed by atoms with van der Waals surface area (Å²) in [4.78, 5) is 16.5. The summed E-state index contributed by atoms with van der Waals surface area (Å²) in [5.41, 5.74) is 2.21. The number of nitrogens with one attached hydrogen (secondary N) is 1. The molecule has 0 aliphatic rings. The van der Waals surface area contributed by atoms with E-state index in [1.165, 1.54) is 18.3 Å². The number of benzene rings is 1. The van der Waals surface area contributed by atoms with Crippen LogP contribution in [0.1, 0.15) is 24.2 Å². The van der Waals surface area contributed by atoms with E-state index in [4.69, 9.17) is 0 Å². The molecule has 5 nitrogen and oxygen atoms in total. The van der Waals surface area contributed by atoms with Crippen LogP contribution < -0.4 is 5.32 Å². The van der Waals surface area contributed by atoms with Gasteiger partial charge in [0.15, 0.2) is 5.65 Å². The number of carbonyl (C=O) groups excluding carboxylic acids is 1. The van der Waals surface area contributed by atoms with Crippen LogP contribution in [-0.2, 0) is 0 Å². The van der Waals surface area contributed by atoms with Gasteiger partial charge in [-0.3, -0.25) is 4.79 Å². The molecule has 1 amide bonds. The summed E-state index contributed by atoms with van der Waals surface area (Å²) in [7, 11) is 0. The van der Waals surface area contributed by atoms with Gasteiger partial charge in [0, 0.05) is 18.3 Å². The van der Waals surface area contributed by atoms with Crippen molar-refractivity contribution in [3.05, 3.63) is 54.1 Å². The van der Waals surface area contributed by atoms with E-state index in [9.17, 15) is 9.18 Å². The van der Waals surface area contributed by atoms with Crippen LogP contribution in [0.15, 0.2) is 42.7 Å². The van der Waals surface area contributed by atoms with Crippen molar-refractivity contribution >= 4 is 11.6 Å². The molecule has 0 atom stereocenters. The minimum atomic E-state index is -0.325. The van der Waals surface area contributed by atoms with Crippen LogP contribution in [0.5, 0.6) is 0 Å². The Labute approximate surface area is 133 Å². The van der Waals surface area contributed by atoms with Crippen LogP contribution in [-0.4, -0.2) is 27.0 Å². The predicted molar refractivity (Wildman–Crippen MR) is 85.6 cm³/mol. The molecule has 1 aromatic carbocycles. The van der Waals surface area contributed by atoms with Crippen molar-refractivity contribution in [3.8, 4) is 11.3 Å². The van der Waals surface area contributed by atoms with Gasteiger partial charge in [-0.1, -0.05) is 26.0 Å². The van der Waals surface area contributed by atoms with Gasteiger partial charge in [-0.05, 0) is 24.1 Å². The fourth-order valence-corrected chi connectivity index (χ4v) is 2.31. The van der Waals surface area contributed by atoms with Crippen molar-refractivity contribution in [1.29, 1.82) is 0 Å². The van der Waals surface area contributed by atoms with E-state index in [1.54, 1.807) is 28.9 Å². The molecule has 118 valence electrons. The molecule has 2 aromatic heterocycles. The summed E-state index contributed by atoms with van der Waals surface area (Å²) < 4.78 is 15.0. The van der Waals surface area contributed by atoms with Crippen molar-refractivity contribution in [2.75, 3.05) is 6.54 Å². The summed E-state index contributed by atoms with van der Waals surface area (Å²) in [6, 6.07) is 7.98. The monoisotopic (exact) mass is 312 g/mol. The highest BCUT2D eigenvalue weighted by molar-refractivity contribution is 5.99. The molecule has 0 aliphatic heterocycles. The Kier molecular flexibility index (Phi) is 4.06. The number of carbonyl (C=O) groups is 1. The molecule has 23 heavy (non-hydrogen) atoms. The van der Waals surface area contributed by atoms with Crippen molar-refractivity contribution < 1.29 is 9.18 Å². The normalized spacial score (nSPS) is 11.1. The van der Waals surface area contributed by atoms with Gasteiger partial charge in [0.05, 0.1) is 11.9 Å². The third-order valence-electron chi connectivity index (χ3n) is 3.44. The largest absolute Gasteiger partial charge is 0.352 e. The van der Waals surface area contributed by atoms with Crippen molar-refractivity contribution in [1.82, 2.24) is 19.9 Å². The first kappa shape index (κ1) is 15.1. The van der Waals surface area contributed by atoms with E-state index < -0.39 is 0 Å². The molecule has 3 rings (SSSR count). The van der Waals surface area contributed by atoms with Gasteiger partial charge in [-0.2, -0.15) is 5.10 Å². The number of hydrogen-bond donors (Lipinski definition) is 1. The zero-order valence-electron chi connectivity index (χ0n) is 13.0. The smallest absolute Gasteiger partial charge is 0.256 e. The van der Waals surface area contributed by atoms with Gasteiger partial charge in [-0.15, -0.1) is 0 Å². The van der Waals surface area contributed by atoms with E-state index in [0.717, 1.165) is 0 Å². The SMILES string of the molecule is CC(C)CNC(=O)c1cnn2c(-c3cccc(F)c3)ccnc12. The van der Waals surface area contributed by atoms with Crippen LogP contribution >= 0.6 is 0 Å². The molecule has 0 aliphatic carbocycles. The highest BCUT2D eigenvalue weighted by Gasteiger charge is 2.16. The Morgan fingerprint density at radius 1 is 1.35 bits per heavy atom. The van der Waals surface area contributed by atoms with Crippen molar-refractivity contribution in [2.45, 2.75) is 13.8 Å². The Hall–Kier alpha value is -2.76. The highest BCUT2D eigenvalue weighted by atomic mass is 19.1. The Bertz CT molecular complexity index is 857. The number of nitrogens with zero attached hydrogens (tertiary/aromatic N) is 3. The number of rotatable bonds is 4. The average Bonchev–Trinajstić information content (AvgIpc) is 2.96. The van der Waals surface area contributed by atoms with Crippen LogP contribution in [0, 0.1) is 11.7 Å². The summed E-state index contributed by atoms with van der Waals surface area (Å²) in [6.07, 6.45) is 3.08. The third kappa shape index (κ3) is 3.06. The molecule has 3 aromatic rings. The summed E-state index contributed by atoms with van der Waals surface area (Å²) in [5, 5.41) is 7.10. The van der Waals surface area contributed by atoms with E-state index in [1.807, 2.05) is 13.8 Å². The fourth-order valence-electron chi connectivity index (χ4n) is 2.31. The topological polar surface area (TPSA) is 59.3 Å². The molecule has 1 N–H and O–H groups in total. The molecule has 0 spiro atoms. The van der Waals surface area contributed by atoms with Gasteiger partial charge in [-0.25, -0.2) is 13.9 Å². The first-order valence-corrected chi connectivity index (χ1v) is 7.43. The minimum Gasteiger partial charge on any atom is -0.352 e. The lowest BCUT2D eigenvalue weighted by Gasteiger charge is -2.07. The van der Waals surface area contributed by atoms with Crippen molar-refractivity contribution in [3.63, 3.8) is 0 Å². The van der Waals surface area contributed by atoms with E-state index >= 15 is 0 Å². The molecule has 2 heterocycles. The van der Waals surface area contributed by atoms with Crippen LogP contribution in [0.2, 0.25) is 0 Å². The van der Waals surface area contributed by atoms with E-state index in [2.05, 4.69) is 15.4 Å². The summed E-state index contributed by atoms with van der Waals surface area (Å²) >= 11 is 0. The van der Waals surface area contributed by atoms with Gasteiger partial charge in [0.2, 0.25) is 0 Å². The molecular weight excluding hydrogens is 295 g/mol. The maximum absolute atomic E-state index is 13.5. The predicted octanol–water partition coefficient (Wildman–Crippen LogP) is 2.92. The molecule has 0 unspecified atom stereocenters. The Balaban J connectivity index is 2.02. The summed E-state index contributed by atoms with van der Waals surface area (Å²) in [5.74, 6) is -0.177. The van der Waals surface area contributed by atoms with Crippen LogP contribution in [0.25, 0.3) is 16.9 Å². The fraction of sp³-hybridized carbons (Fsp3) is 0.235. The standard InChI is InChI=1S/C17H17FN4O/c1-11(2)9-20-17(23)14-10-21-22-15(6-7-19-16(14)22)12-4-3-5-13(18)8-12/h3-8,10-11H,9H2,1-2H3,(H,20,23). The van der Waals surface area contributed by atoms with Gasteiger partial charge in [0.25, 0.3) is 5.91 Å². The zero-order valence-corrected chi connectivity index (χ0v) is 13.0. The first-order valence-electron chi connectivity index (χ1n) is 7.43. The van der Waals surface area contributed by atoms with E-state index in [0.29, 0.717) is 34.9 Å². The molecule has 0 saturated carbocycles. The van der Waals surface area contributed by atoms with Crippen LogP contribution in [0.4, 0.5) is 4.39 Å². The molecule has 0 saturated heterocycles. The number of aromatic nitrogens is 3. The third-order valence-corrected chi connectivity index (χ3v) is 3.44. The Morgan fingerprint density at radius 2 is 2.17 bits per heavy atom. The van der Waals surface area contributed by atoms with Gasteiger partial charge >= 0.3 is 0 Å². The molecule has 0 radical (unpaired) electrons. The lowest BCUT2D eigenvalue weighted by molar-refractivity contribution is 0.0950. The second-order valence-corrected chi connectivity index (χ2v) is 5.74.